The minimum absolute atomic E-state index is 0.153. The number of esters is 2. The molecule has 268 valence electrons. The lowest BCUT2D eigenvalue weighted by Gasteiger charge is -2.26. The SMILES string of the molecule is CCOC(=O)CN1/C(=C/C=C2\CCCC(/C=C/C3=[N+](CC(=O)OCC)c4ccccc4C3(C)C)=C2Cl)C(C)(C)c2ccccc21.[O-][Cl+3]([O-])([O-])[O-]. The van der Waals surface area contributed by atoms with Crippen LogP contribution >= 0.6 is 11.6 Å². The molecule has 0 bridgehead atoms. The molecule has 0 N–H and O–H groups in total. The number of hydrogen-bond donors (Lipinski definition) is 0. The van der Waals surface area contributed by atoms with Gasteiger partial charge in [0.05, 0.1) is 18.6 Å². The van der Waals surface area contributed by atoms with Gasteiger partial charge in [-0.2, -0.15) is 4.58 Å². The molecular weight excluding hydrogens is 683 g/mol. The maximum absolute atomic E-state index is 12.6. The number of carbonyl (C=O) groups excluding carboxylic acids is 2. The highest BCUT2D eigenvalue weighted by molar-refractivity contribution is 6.32. The Labute approximate surface area is 301 Å². The smallest absolute Gasteiger partial charge is 0.372 e. The number of allylic oxidation sites excluding steroid dienone is 8. The second kappa shape index (κ2) is 16.1. The molecule has 0 saturated heterocycles. The van der Waals surface area contributed by atoms with E-state index in [1.165, 1.54) is 11.1 Å². The Morgan fingerprint density at radius 2 is 1.46 bits per heavy atom. The molecule has 0 atom stereocenters. The molecule has 1 aliphatic carbocycles. The highest BCUT2D eigenvalue weighted by Gasteiger charge is 2.45. The standard InChI is InChI=1S/C38H44ClN2O4.ClHO4/c1-7-44-34(42)24-40-30-18-11-9-16-28(30)37(3,4)32(40)22-20-26-14-13-15-27(36(26)39)21-23-33-38(5,6)29-17-10-12-19-31(29)41(33)25-35(43)45-8-2;2-1(3,4)5/h9-12,16-23H,7-8,13-15,24-25H2,1-6H3;(H,2,3,4,5)/q+1;/p-1. The van der Waals surface area contributed by atoms with Crippen LogP contribution in [0.5, 0.6) is 0 Å². The first-order valence-electron chi connectivity index (χ1n) is 16.5. The van der Waals surface area contributed by atoms with Gasteiger partial charge in [0.15, 0.2) is 5.71 Å². The molecule has 0 saturated carbocycles. The van der Waals surface area contributed by atoms with E-state index in [-0.39, 0.29) is 35.9 Å². The van der Waals surface area contributed by atoms with Gasteiger partial charge in [0.1, 0.15) is 6.54 Å². The molecule has 2 aromatic carbocycles. The highest BCUT2D eigenvalue weighted by Crippen LogP contribution is 2.48. The number of fused-ring (bicyclic) bond motifs is 2. The molecule has 0 aromatic heterocycles. The Morgan fingerprint density at radius 3 is 2.12 bits per heavy atom. The summed E-state index contributed by atoms with van der Waals surface area (Å²) in [5, 5.41) is 0.755. The minimum Gasteiger partial charge on any atom is -0.465 e. The lowest BCUT2D eigenvalue weighted by molar-refractivity contribution is -2.00. The Kier molecular flexibility index (Phi) is 12.5. The largest absolute Gasteiger partial charge is 0.465 e. The van der Waals surface area contributed by atoms with Crippen LogP contribution in [0.4, 0.5) is 11.4 Å². The molecule has 0 radical (unpaired) electrons. The van der Waals surface area contributed by atoms with Crippen LogP contribution in [0.25, 0.3) is 0 Å². The molecule has 12 heteroatoms. The van der Waals surface area contributed by atoms with Gasteiger partial charge in [-0.1, -0.05) is 74.0 Å². The van der Waals surface area contributed by atoms with E-state index in [0.717, 1.165) is 58.2 Å². The molecule has 10 nitrogen and oxygen atoms in total. The lowest BCUT2D eigenvalue weighted by atomic mass is 9.81. The van der Waals surface area contributed by atoms with Crippen molar-refractivity contribution in [2.75, 3.05) is 31.2 Å². The first-order valence-corrected chi connectivity index (χ1v) is 18.1. The average Bonchev–Trinajstić information content (AvgIpc) is 3.38. The van der Waals surface area contributed by atoms with Crippen molar-refractivity contribution in [3.05, 3.63) is 106 Å². The van der Waals surface area contributed by atoms with E-state index in [1.807, 2.05) is 38.1 Å². The van der Waals surface area contributed by atoms with Crippen molar-refractivity contribution in [3.63, 3.8) is 0 Å². The van der Waals surface area contributed by atoms with Crippen LogP contribution in [0.2, 0.25) is 0 Å². The van der Waals surface area contributed by atoms with E-state index in [4.69, 9.17) is 39.7 Å². The first-order chi connectivity index (χ1) is 23.5. The summed E-state index contributed by atoms with van der Waals surface area (Å²) in [6.07, 6.45) is 11.2. The van der Waals surface area contributed by atoms with Crippen molar-refractivity contribution in [2.45, 2.75) is 71.6 Å². The van der Waals surface area contributed by atoms with E-state index in [0.29, 0.717) is 13.2 Å². The van der Waals surface area contributed by atoms with Gasteiger partial charge < -0.3 is 14.4 Å². The van der Waals surface area contributed by atoms with Gasteiger partial charge in [-0.25, -0.2) is 23.4 Å². The van der Waals surface area contributed by atoms with Crippen LogP contribution in [0, 0.1) is 10.2 Å². The van der Waals surface area contributed by atoms with E-state index < -0.39 is 10.2 Å². The van der Waals surface area contributed by atoms with Crippen LogP contribution < -0.4 is 23.5 Å². The second-order valence-electron chi connectivity index (χ2n) is 13.1. The zero-order chi connectivity index (χ0) is 36.9. The number of benzene rings is 2. The summed E-state index contributed by atoms with van der Waals surface area (Å²) in [7, 11) is -4.94. The van der Waals surface area contributed by atoms with Crippen molar-refractivity contribution in [2.24, 2.45) is 0 Å². The molecule has 2 aromatic rings. The number of carbonyl (C=O) groups is 2. The summed E-state index contributed by atoms with van der Waals surface area (Å²) in [5.41, 5.74) is 8.03. The fourth-order valence-corrected chi connectivity index (χ4v) is 7.18. The predicted molar refractivity (Wildman–Crippen MR) is 181 cm³/mol. The number of anilines is 1. The molecule has 2 heterocycles. The Bertz CT molecular complexity index is 1760. The van der Waals surface area contributed by atoms with Crippen molar-refractivity contribution < 1.29 is 52.5 Å². The summed E-state index contributed by atoms with van der Waals surface area (Å²) >= 11 is 7.11. The summed E-state index contributed by atoms with van der Waals surface area (Å²) in [5.74, 6) is -0.504. The molecule has 0 fully saturated rings. The van der Waals surface area contributed by atoms with Crippen LogP contribution in [-0.2, 0) is 29.9 Å². The molecule has 50 heavy (non-hydrogen) atoms. The molecule has 0 unspecified atom stereocenters. The van der Waals surface area contributed by atoms with Crippen molar-refractivity contribution in [1.82, 2.24) is 0 Å². The number of rotatable bonds is 9. The molecular formula is C38H44Cl2N2O8. The molecule has 3 aliphatic rings. The van der Waals surface area contributed by atoms with E-state index in [9.17, 15) is 9.59 Å². The molecule has 2 aliphatic heterocycles. The maximum Gasteiger partial charge on any atom is 0.372 e. The zero-order valence-corrected chi connectivity index (χ0v) is 30.8. The zero-order valence-electron chi connectivity index (χ0n) is 29.3. The van der Waals surface area contributed by atoms with Crippen molar-refractivity contribution in [3.8, 4) is 0 Å². The Morgan fingerprint density at radius 1 is 0.860 bits per heavy atom. The van der Waals surface area contributed by atoms with Crippen LogP contribution in [0.3, 0.4) is 0 Å². The number of halogens is 2. The van der Waals surface area contributed by atoms with Gasteiger partial charge in [-0.3, -0.25) is 4.79 Å². The van der Waals surface area contributed by atoms with E-state index in [2.05, 4.69) is 85.7 Å². The number of para-hydroxylation sites is 2. The third kappa shape index (κ3) is 8.93. The second-order valence-corrected chi connectivity index (χ2v) is 14.2. The lowest BCUT2D eigenvalue weighted by Crippen LogP contribution is -2.68. The monoisotopic (exact) mass is 726 g/mol. The van der Waals surface area contributed by atoms with Crippen LogP contribution in [0.15, 0.2) is 94.7 Å². The third-order valence-corrected chi connectivity index (χ3v) is 9.61. The van der Waals surface area contributed by atoms with E-state index in [1.54, 1.807) is 0 Å². The fourth-order valence-electron chi connectivity index (χ4n) is 6.86. The molecule has 0 spiro atoms. The van der Waals surface area contributed by atoms with Gasteiger partial charge in [0.2, 0.25) is 12.2 Å². The summed E-state index contributed by atoms with van der Waals surface area (Å²) in [6.45, 7) is 13.4. The Balaban J connectivity index is 0.00000105. The maximum atomic E-state index is 12.6. The quantitative estimate of drug-likeness (QED) is 0.280. The topological polar surface area (TPSA) is 151 Å². The highest BCUT2D eigenvalue weighted by atomic mass is 35.7. The third-order valence-electron chi connectivity index (χ3n) is 9.12. The van der Waals surface area contributed by atoms with Gasteiger partial charge in [0, 0.05) is 39.5 Å². The average molecular weight is 728 g/mol. The van der Waals surface area contributed by atoms with E-state index >= 15 is 0 Å². The minimum atomic E-state index is -4.94. The first kappa shape index (κ1) is 39.0. The summed E-state index contributed by atoms with van der Waals surface area (Å²) in [6, 6.07) is 16.5. The van der Waals surface area contributed by atoms with Crippen LogP contribution in [0.1, 0.15) is 71.9 Å². The number of nitrogens with zero attached hydrogens (tertiary/aromatic N) is 2. The number of hydrogen-bond acceptors (Lipinski definition) is 9. The normalized spacial score (nSPS) is 19.5. The van der Waals surface area contributed by atoms with Crippen LogP contribution in [-0.4, -0.2) is 48.5 Å². The van der Waals surface area contributed by atoms with Gasteiger partial charge in [0.25, 0.3) is 0 Å². The van der Waals surface area contributed by atoms with Gasteiger partial charge in [-0.15, -0.1) is 10.2 Å². The predicted octanol–water partition coefficient (Wildman–Crippen LogP) is 3.27. The molecule has 0 amide bonds. The van der Waals surface area contributed by atoms with Crippen molar-refractivity contribution in [1.29, 1.82) is 0 Å². The van der Waals surface area contributed by atoms with Crippen molar-refractivity contribution >= 4 is 40.6 Å². The summed E-state index contributed by atoms with van der Waals surface area (Å²) < 4.78 is 46.7. The Hall–Kier alpha value is -3.77. The van der Waals surface area contributed by atoms with Gasteiger partial charge >= 0.3 is 11.9 Å². The summed E-state index contributed by atoms with van der Waals surface area (Å²) in [4.78, 5) is 27.3. The van der Waals surface area contributed by atoms with Gasteiger partial charge in [-0.05, 0) is 75.8 Å². The number of ether oxygens (including phenoxy) is 2. The molecule has 5 rings (SSSR count). The fraction of sp³-hybridized carbons (Fsp3) is 0.395.